The van der Waals surface area contributed by atoms with Crippen LogP contribution in [0.3, 0.4) is 0 Å². The normalized spacial score (nSPS) is 17.3. The molecule has 9 nitrogen and oxygen atoms in total. The van der Waals surface area contributed by atoms with Gasteiger partial charge < -0.3 is 10.1 Å². The summed E-state index contributed by atoms with van der Waals surface area (Å²) in [5.41, 5.74) is 4.81. The van der Waals surface area contributed by atoms with E-state index >= 15 is 0 Å². The summed E-state index contributed by atoms with van der Waals surface area (Å²) in [6.45, 7) is 2.37. The van der Waals surface area contributed by atoms with E-state index < -0.39 is 27.6 Å². The highest BCUT2D eigenvalue weighted by molar-refractivity contribution is 7.91. The van der Waals surface area contributed by atoms with E-state index in [1.807, 2.05) is 0 Å². The molecule has 0 bridgehead atoms. The number of rotatable bonds is 9. The topological polar surface area (TPSA) is 131 Å². The SMILES string of the molecule is CCCCOc1ccc(C(=O)NCC(=O)NNC(=O)CC2CCS(=O)(=O)C2)cc1. The number of nitrogens with one attached hydrogen (secondary N) is 3. The maximum atomic E-state index is 12.1. The lowest BCUT2D eigenvalue weighted by Crippen LogP contribution is -2.46. The average Bonchev–Trinajstić information content (AvgIpc) is 3.03. The second-order valence-electron chi connectivity index (χ2n) is 6.98. The predicted octanol–water partition coefficient (Wildman–Crippen LogP) is 0.568. The van der Waals surface area contributed by atoms with Crippen LogP contribution in [0.1, 0.15) is 43.0 Å². The van der Waals surface area contributed by atoms with Gasteiger partial charge in [-0.25, -0.2) is 8.42 Å². The third kappa shape index (κ3) is 8.10. The van der Waals surface area contributed by atoms with Crippen LogP contribution in [0, 0.1) is 5.92 Å². The van der Waals surface area contributed by atoms with Crippen molar-refractivity contribution in [2.45, 2.75) is 32.6 Å². The molecule has 0 saturated carbocycles. The van der Waals surface area contributed by atoms with Crippen LogP contribution >= 0.6 is 0 Å². The molecule has 1 aromatic rings. The van der Waals surface area contributed by atoms with E-state index in [0.717, 1.165) is 12.8 Å². The molecule has 160 valence electrons. The summed E-state index contributed by atoms with van der Waals surface area (Å²) in [5, 5.41) is 2.46. The summed E-state index contributed by atoms with van der Waals surface area (Å²) in [7, 11) is -3.05. The average molecular weight is 426 g/mol. The molecular formula is C19H27N3O6S. The number of carbonyl (C=O) groups is 3. The molecule has 0 spiro atoms. The Bertz CT molecular complexity index is 823. The van der Waals surface area contributed by atoms with Crippen molar-refractivity contribution < 1.29 is 27.5 Å². The zero-order chi connectivity index (χ0) is 21.3. The molecule has 10 heteroatoms. The lowest BCUT2D eigenvalue weighted by atomic mass is 10.1. The highest BCUT2D eigenvalue weighted by atomic mass is 32.2. The number of hydrogen-bond donors (Lipinski definition) is 3. The molecule has 1 heterocycles. The van der Waals surface area contributed by atoms with Gasteiger partial charge in [-0.2, -0.15) is 0 Å². The Morgan fingerprint density at radius 3 is 2.41 bits per heavy atom. The fraction of sp³-hybridized carbons (Fsp3) is 0.526. The van der Waals surface area contributed by atoms with Crippen molar-refractivity contribution in [1.29, 1.82) is 0 Å². The van der Waals surface area contributed by atoms with Crippen molar-refractivity contribution in [3.8, 4) is 5.75 Å². The maximum absolute atomic E-state index is 12.1. The Morgan fingerprint density at radius 2 is 1.79 bits per heavy atom. The van der Waals surface area contributed by atoms with Gasteiger partial charge in [0, 0.05) is 12.0 Å². The van der Waals surface area contributed by atoms with Gasteiger partial charge in [0.1, 0.15) is 5.75 Å². The molecule has 1 aromatic carbocycles. The van der Waals surface area contributed by atoms with Gasteiger partial charge in [0.05, 0.1) is 24.7 Å². The van der Waals surface area contributed by atoms with Crippen molar-refractivity contribution in [3.05, 3.63) is 29.8 Å². The van der Waals surface area contributed by atoms with Crippen molar-refractivity contribution in [2.75, 3.05) is 24.7 Å². The summed E-state index contributed by atoms with van der Waals surface area (Å²) in [5.74, 6) is -0.961. The quantitative estimate of drug-likeness (QED) is 0.392. The summed E-state index contributed by atoms with van der Waals surface area (Å²) in [6, 6.07) is 6.58. The largest absolute Gasteiger partial charge is 0.494 e. The van der Waals surface area contributed by atoms with Crippen LogP contribution in [-0.4, -0.2) is 50.8 Å². The third-order valence-electron chi connectivity index (χ3n) is 4.43. The molecule has 1 aliphatic heterocycles. The fourth-order valence-electron chi connectivity index (χ4n) is 2.83. The molecule has 1 aliphatic rings. The van der Waals surface area contributed by atoms with Gasteiger partial charge in [0.2, 0.25) is 5.91 Å². The minimum absolute atomic E-state index is 0.00709. The van der Waals surface area contributed by atoms with Crippen LogP contribution in [0.2, 0.25) is 0 Å². The maximum Gasteiger partial charge on any atom is 0.257 e. The second-order valence-corrected chi connectivity index (χ2v) is 9.21. The highest BCUT2D eigenvalue weighted by Gasteiger charge is 2.29. The number of amides is 3. The molecule has 0 aromatic heterocycles. The van der Waals surface area contributed by atoms with E-state index in [0.29, 0.717) is 24.3 Å². The first kappa shape index (κ1) is 22.7. The summed E-state index contributed by atoms with van der Waals surface area (Å²) in [6.07, 6.45) is 2.46. The van der Waals surface area contributed by atoms with Crippen LogP contribution in [0.4, 0.5) is 0 Å². The molecule has 2 rings (SSSR count). The zero-order valence-corrected chi connectivity index (χ0v) is 17.2. The summed E-state index contributed by atoms with van der Waals surface area (Å²) >= 11 is 0. The lowest BCUT2D eigenvalue weighted by Gasteiger charge is -2.11. The van der Waals surface area contributed by atoms with Crippen LogP contribution < -0.4 is 20.9 Å². The summed E-state index contributed by atoms with van der Waals surface area (Å²) in [4.78, 5) is 35.6. The Hall–Kier alpha value is -2.62. The number of unbranched alkanes of at least 4 members (excludes halogenated alkanes) is 1. The molecule has 1 unspecified atom stereocenters. The minimum atomic E-state index is -3.05. The van der Waals surface area contributed by atoms with Crippen molar-refractivity contribution >= 4 is 27.6 Å². The molecule has 0 aliphatic carbocycles. The third-order valence-corrected chi connectivity index (χ3v) is 6.27. The smallest absolute Gasteiger partial charge is 0.257 e. The summed E-state index contributed by atoms with van der Waals surface area (Å²) < 4.78 is 28.3. The van der Waals surface area contributed by atoms with E-state index in [1.54, 1.807) is 24.3 Å². The Balaban J connectivity index is 1.66. The Morgan fingerprint density at radius 1 is 1.10 bits per heavy atom. The number of sulfone groups is 1. The van der Waals surface area contributed by atoms with Crippen molar-refractivity contribution in [2.24, 2.45) is 5.92 Å². The first-order valence-corrected chi connectivity index (χ1v) is 11.4. The highest BCUT2D eigenvalue weighted by Crippen LogP contribution is 2.21. The molecule has 0 radical (unpaired) electrons. The molecule has 1 fully saturated rings. The monoisotopic (exact) mass is 425 g/mol. The second kappa shape index (κ2) is 10.8. The van der Waals surface area contributed by atoms with E-state index in [1.165, 1.54) is 0 Å². The van der Waals surface area contributed by atoms with Gasteiger partial charge in [-0.3, -0.25) is 25.2 Å². The van der Waals surface area contributed by atoms with E-state index in [4.69, 9.17) is 4.74 Å². The number of ether oxygens (including phenoxy) is 1. The Kier molecular flexibility index (Phi) is 8.44. The van der Waals surface area contributed by atoms with Gasteiger partial charge in [-0.1, -0.05) is 13.3 Å². The number of carbonyl (C=O) groups excluding carboxylic acids is 3. The molecule has 3 amide bonds. The Labute approximate surface area is 170 Å². The van der Waals surface area contributed by atoms with Crippen LogP contribution in [0.15, 0.2) is 24.3 Å². The first-order valence-electron chi connectivity index (χ1n) is 9.58. The van der Waals surface area contributed by atoms with E-state index in [9.17, 15) is 22.8 Å². The predicted molar refractivity (Wildman–Crippen MR) is 107 cm³/mol. The van der Waals surface area contributed by atoms with Gasteiger partial charge in [-0.05, 0) is 43.0 Å². The standard InChI is InChI=1S/C19H27N3O6S/c1-2-3-9-28-16-6-4-15(5-7-16)19(25)20-12-18(24)22-21-17(23)11-14-8-10-29(26,27)13-14/h4-7,14H,2-3,8-13H2,1H3,(H,20,25)(H,21,23)(H,22,24). The van der Waals surface area contributed by atoms with Crippen molar-refractivity contribution in [1.82, 2.24) is 16.2 Å². The van der Waals surface area contributed by atoms with Crippen molar-refractivity contribution in [3.63, 3.8) is 0 Å². The van der Waals surface area contributed by atoms with Gasteiger partial charge in [0.15, 0.2) is 9.84 Å². The van der Waals surface area contributed by atoms with E-state index in [2.05, 4.69) is 23.1 Å². The number of hydrogen-bond acceptors (Lipinski definition) is 6. The lowest BCUT2D eigenvalue weighted by molar-refractivity contribution is -0.128. The number of hydrazine groups is 1. The molecule has 3 N–H and O–H groups in total. The van der Waals surface area contributed by atoms with Crippen LogP contribution in [-0.2, 0) is 19.4 Å². The van der Waals surface area contributed by atoms with Gasteiger partial charge >= 0.3 is 0 Å². The van der Waals surface area contributed by atoms with Gasteiger partial charge in [0.25, 0.3) is 11.8 Å². The molecule has 1 atom stereocenters. The molecule has 1 saturated heterocycles. The fourth-order valence-corrected chi connectivity index (χ4v) is 4.69. The van der Waals surface area contributed by atoms with Crippen LogP contribution in [0.5, 0.6) is 5.75 Å². The molecule has 29 heavy (non-hydrogen) atoms. The number of benzene rings is 1. The first-order chi connectivity index (χ1) is 13.8. The zero-order valence-electron chi connectivity index (χ0n) is 16.4. The van der Waals surface area contributed by atoms with E-state index in [-0.39, 0.29) is 30.4 Å². The molecular weight excluding hydrogens is 398 g/mol. The van der Waals surface area contributed by atoms with Gasteiger partial charge in [-0.15, -0.1) is 0 Å². The van der Waals surface area contributed by atoms with Crippen LogP contribution in [0.25, 0.3) is 0 Å². The minimum Gasteiger partial charge on any atom is -0.494 e.